The number of amides is 1. The van der Waals surface area contributed by atoms with Gasteiger partial charge in [0.05, 0.1) is 5.75 Å². The van der Waals surface area contributed by atoms with E-state index in [0.29, 0.717) is 11.7 Å². The molecule has 0 aliphatic carbocycles. The first-order valence-corrected chi connectivity index (χ1v) is 8.05. The van der Waals surface area contributed by atoms with Gasteiger partial charge in [-0.05, 0) is 43.2 Å². The van der Waals surface area contributed by atoms with Crippen LogP contribution in [0.3, 0.4) is 0 Å². The lowest BCUT2D eigenvalue weighted by Crippen LogP contribution is -2.31. The number of anilines is 1. The highest BCUT2D eigenvalue weighted by molar-refractivity contribution is 9.10. The molecule has 0 saturated carbocycles. The largest absolute Gasteiger partial charge is 0.272 e. The molecule has 0 aliphatic rings. The molecule has 2 rings (SSSR count). The number of carbonyl (C=O) groups is 1. The summed E-state index contributed by atoms with van der Waals surface area (Å²) in [5.74, 6) is 0.556. The van der Waals surface area contributed by atoms with Crippen molar-refractivity contribution < 1.29 is 4.79 Å². The maximum Gasteiger partial charge on any atom is 0.248 e. The molecule has 7 heteroatoms. The Balaban J connectivity index is 1.85. The van der Waals surface area contributed by atoms with Crippen molar-refractivity contribution in [2.45, 2.75) is 18.7 Å². The van der Waals surface area contributed by atoms with Gasteiger partial charge in [-0.25, -0.2) is 9.97 Å². The molecule has 1 heterocycles. The van der Waals surface area contributed by atoms with E-state index in [1.54, 1.807) is 18.5 Å². The van der Waals surface area contributed by atoms with Gasteiger partial charge in [-0.2, -0.15) is 0 Å². The van der Waals surface area contributed by atoms with Gasteiger partial charge in [0.15, 0.2) is 0 Å². The molecule has 2 N–H and O–H groups in total. The molecule has 5 nitrogen and oxygen atoms in total. The first kappa shape index (κ1) is 15.8. The summed E-state index contributed by atoms with van der Waals surface area (Å²) in [5, 5.41) is 0. The molecule has 0 aliphatic heterocycles. The molecule has 0 bridgehead atoms. The van der Waals surface area contributed by atoms with Gasteiger partial charge >= 0.3 is 0 Å². The first-order chi connectivity index (χ1) is 10.1. The van der Waals surface area contributed by atoms with Crippen molar-refractivity contribution in [3.8, 4) is 0 Å². The zero-order valence-corrected chi connectivity index (χ0v) is 14.1. The number of aryl methyl sites for hydroxylation is 2. The molecule has 0 saturated heterocycles. The highest BCUT2D eigenvalue weighted by atomic mass is 79.9. The Morgan fingerprint density at radius 3 is 2.67 bits per heavy atom. The molecule has 0 radical (unpaired) electrons. The van der Waals surface area contributed by atoms with Gasteiger partial charge in [0, 0.05) is 21.8 Å². The standard InChI is InChI=1S/C14H15BrN4OS/c1-9-7-12(10(2)6-11(9)15)21-8-13(20)18-19-14-16-4-3-5-17-14/h3-7H,8H2,1-2H3,(H,18,20)(H,16,17,19). The van der Waals surface area contributed by atoms with Crippen molar-refractivity contribution in [1.29, 1.82) is 0 Å². The number of hydrogen-bond donors (Lipinski definition) is 2. The molecule has 0 atom stereocenters. The van der Waals surface area contributed by atoms with Crippen molar-refractivity contribution in [3.63, 3.8) is 0 Å². The van der Waals surface area contributed by atoms with Gasteiger partial charge in [-0.1, -0.05) is 15.9 Å². The molecular weight excluding hydrogens is 352 g/mol. The van der Waals surface area contributed by atoms with Crippen molar-refractivity contribution in [2.24, 2.45) is 0 Å². The van der Waals surface area contributed by atoms with Crippen LogP contribution in [0.1, 0.15) is 11.1 Å². The monoisotopic (exact) mass is 366 g/mol. The Kier molecular flexibility index (Phi) is 5.58. The second kappa shape index (κ2) is 7.42. The summed E-state index contributed by atoms with van der Waals surface area (Å²) in [6, 6.07) is 5.85. The zero-order valence-electron chi connectivity index (χ0n) is 11.7. The summed E-state index contributed by atoms with van der Waals surface area (Å²) in [7, 11) is 0. The van der Waals surface area contributed by atoms with Crippen LogP contribution in [0.15, 0.2) is 40.0 Å². The van der Waals surface area contributed by atoms with E-state index in [1.807, 2.05) is 13.8 Å². The van der Waals surface area contributed by atoms with Crippen LogP contribution in [-0.2, 0) is 4.79 Å². The lowest BCUT2D eigenvalue weighted by atomic mass is 10.2. The number of rotatable bonds is 5. The number of nitrogens with one attached hydrogen (secondary N) is 2. The summed E-state index contributed by atoms with van der Waals surface area (Å²) >= 11 is 5.00. The number of nitrogens with zero attached hydrogens (tertiary/aromatic N) is 2. The predicted octanol–water partition coefficient (Wildman–Crippen LogP) is 3.09. The van der Waals surface area contributed by atoms with Crippen molar-refractivity contribution in [2.75, 3.05) is 11.2 Å². The van der Waals surface area contributed by atoms with Crippen LogP contribution >= 0.6 is 27.7 Å². The number of hydrogen-bond acceptors (Lipinski definition) is 5. The number of carbonyl (C=O) groups excluding carboxylic acids is 1. The van der Waals surface area contributed by atoms with Crippen LogP contribution in [0, 0.1) is 13.8 Å². The minimum Gasteiger partial charge on any atom is -0.272 e. The maximum absolute atomic E-state index is 11.8. The first-order valence-electron chi connectivity index (χ1n) is 6.27. The Morgan fingerprint density at radius 2 is 1.95 bits per heavy atom. The quantitative estimate of drug-likeness (QED) is 0.628. The lowest BCUT2D eigenvalue weighted by Gasteiger charge is -2.09. The van der Waals surface area contributed by atoms with Crippen LogP contribution in [0.25, 0.3) is 0 Å². The minimum atomic E-state index is -0.132. The molecular formula is C14H15BrN4OS. The van der Waals surface area contributed by atoms with Crippen LogP contribution in [-0.4, -0.2) is 21.6 Å². The topological polar surface area (TPSA) is 66.9 Å². The summed E-state index contributed by atoms with van der Waals surface area (Å²) in [5.41, 5.74) is 7.54. The van der Waals surface area contributed by atoms with Gasteiger partial charge in [0.25, 0.3) is 0 Å². The van der Waals surface area contributed by atoms with Gasteiger partial charge in [0.2, 0.25) is 11.9 Å². The van der Waals surface area contributed by atoms with E-state index in [2.05, 4.69) is 48.9 Å². The molecule has 0 fully saturated rings. The number of benzene rings is 1. The average molecular weight is 367 g/mol. The van der Waals surface area contributed by atoms with Crippen molar-refractivity contribution >= 4 is 39.5 Å². The zero-order chi connectivity index (χ0) is 15.2. The minimum absolute atomic E-state index is 0.132. The SMILES string of the molecule is Cc1cc(SCC(=O)NNc2ncccn2)c(C)cc1Br. The number of hydrazine groups is 1. The van der Waals surface area contributed by atoms with Crippen LogP contribution < -0.4 is 10.9 Å². The third-order valence-electron chi connectivity index (χ3n) is 2.69. The molecule has 0 unspecified atom stereocenters. The second-order valence-corrected chi connectivity index (χ2v) is 6.27. The second-order valence-electron chi connectivity index (χ2n) is 4.40. The van der Waals surface area contributed by atoms with Gasteiger partial charge in [-0.3, -0.25) is 15.6 Å². The Labute approximate surface area is 136 Å². The highest BCUT2D eigenvalue weighted by Gasteiger charge is 2.07. The average Bonchev–Trinajstić information content (AvgIpc) is 2.48. The summed E-state index contributed by atoms with van der Waals surface area (Å²) in [6.45, 7) is 4.06. The van der Waals surface area contributed by atoms with E-state index in [9.17, 15) is 4.79 Å². The van der Waals surface area contributed by atoms with Crippen LogP contribution in [0.4, 0.5) is 5.95 Å². The fourth-order valence-corrected chi connectivity index (χ4v) is 2.94. The number of halogens is 1. The fourth-order valence-electron chi connectivity index (χ4n) is 1.58. The van der Waals surface area contributed by atoms with E-state index >= 15 is 0 Å². The number of aromatic nitrogens is 2. The Bertz CT molecular complexity index is 636. The van der Waals surface area contributed by atoms with Gasteiger partial charge < -0.3 is 0 Å². The normalized spacial score (nSPS) is 10.2. The van der Waals surface area contributed by atoms with Crippen LogP contribution in [0.5, 0.6) is 0 Å². The van der Waals surface area contributed by atoms with E-state index in [-0.39, 0.29) is 5.91 Å². The lowest BCUT2D eigenvalue weighted by molar-refractivity contribution is -0.118. The molecule has 0 spiro atoms. The molecule has 1 aromatic carbocycles. The molecule has 2 aromatic rings. The molecule has 1 aromatic heterocycles. The fraction of sp³-hybridized carbons (Fsp3) is 0.214. The van der Waals surface area contributed by atoms with Gasteiger partial charge in [-0.15, -0.1) is 11.8 Å². The van der Waals surface area contributed by atoms with Gasteiger partial charge in [0.1, 0.15) is 0 Å². The molecule has 1 amide bonds. The Hall–Kier alpha value is -1.60. The smallest absolute Gasteiger partial charge is 0.248 e. The summed E-state index contributed by atoms with van der Waals surface area (Å²) in [4.78, 5) is 20.8. The van der Waals surface area contributed by atoms with Crippen LogP contribution in [0.2, 0.25) is 0 Å². The third kappa shape index (κ3) is 4.71. The summed E-state index contributed by atoms with van der Waals surface area (Å²) in [6.07, 6.45) is 3.20. The highest BCUT2D eigenvalue weighted by Crippen LogP contribution is 2.28. The third-order valence-corrected chi connectivity index (χ3v) is 4.71. The number of thioether (sulfide) groups is 1. The van der Waals surface area contributed by atoms with Crippen molar-refractivity contribution in [3.05, 3.63) is 46.2 Å². The van der Waals surface area contributed by atoms with Crippen molar-refractivity contribution in [1.82, 2.24) is 15.4 Å². The molecule has 21 heavy (non-hydrogen) atoms. The van der Waals surface area contributed by atoms with E-state index in [1.165, 1.54) is 11.8 Å². The molecule has 110 valence electrons. The van der Waals surface area contributed by atoms with E-state index < -0.39 is 0 Å². The van der Waals surface area contributed by atoms with E-state index in [4.69, 9.17) is 0 Å². The summed E-state index contributed by atoms with van der Waals surface area (Å²) < 4.78 is 1.08. The van der Waals surface area contributed by atoms with E-state index in [0.717, 1.165) is 20.5 Å². The predicted molar refractivity (Wildman–Crippen MR) is 88.1 cm³/mol. The Morgan fingerprint density at radius 1 is 1.24 bits per heavy atom. The maximum atomic E-state index is 11.8.